The summed E-state index contributed by atoms with van der Waals surface area (Å²) in [6, 6.07) is 4.23. The number of ether oxygens (including phenoxy) is 1. The summed E-state index contributed by atoms with van der Waals surface area (Å²) in [5.41, 5.74) is -5.59. The Morgan fingerprint density at radius 2 is 1.91 bits per heavy atom. The molecule has 5 rings (SSSR count). The molecule has 0 bridgehead atoms. The lowest BCUT2D eigenvalue weighted by molar-refractivity contribution is -0.497. The van der Waals surface area contributed by atoms with Gasteiger partial charge < -0.3 is 25.4 Å². The number of aliphatic hydroxyl groups is 3. The number of fused-ring (bicyclic) bond motifs is 5. The second-order valence-electron chi connectivity index (χ2n) is 13.1. The van der Waals surface area contributed by atoms with Crippen molar-refractivity contribution in [2.45, 2.75) is 76.0 Å². The number of hydrogen-bond donors (Lipinski definition) is 6. The lowest BCUT2D eigenvalue weighted by atomic mass is 9.44. The fraction of sp³-hybridized carbons (Fsp3) is 0.562. The number of rotatable bonds is 10. The van der Waals surface area contributed by atoms with Crippen LogP contribution in [0.2, 0.25) is 0 Å². The number of halogens is 1. The molecule has 4 aliphatic carbocycles. The number of hydrogen-bond acceptors (Lipinski definition) is 12. The Bertz CT molecular complexity index is 1480. The monoisotopic (exact) mass is 646 g/mol. The van der Waals surface area contributed by atoms with E-state index in [2.05, 4.69) is 10.2 Å². The summed E-state index contributed by atoms with van der Waals surface area (Å²) in [5, 5.41) is 52.2. The molecule has 0 spiro atoms. The fourth-order valence-corrected chi connectivity index (χ4v) is 8.39. The van der Waals surface area contributed by atoms with Crippen LogP contribution in [0.1, 0.15) is 61.9 Å². The first-order valence-electron chi connectivity index (χ1n) is 15.2. The van der Waals surface area contributed by atoms with Gasteiger partial charge in [0.1, 0.15) is 5.60 Å². The van der Waals surface area contributed by atoms with Crippen molar-refractivity contribution >= 4 is 23.4 Å². The number of carbonyl (C=O) groups excluding carboxylic acids is 4. The molecule has 0 aromatic heterocycles. The predicted octanol–water partition coefficient (Wildman–Crippen LogP) is 1.50. The van der Waals surface area contributed by atoms with Crippen LogP contribution in [0.4, 0.5) is 4.39 Å². The molecule has 1 aromatic rings. The number of aliphatic hydroxyl groups excluding tert-OH is 2. The van der Waals surface area contributed by atoms with Gasteiger partial charge in [0.25, 0.3) is 5.91 Å². The zero-order chi connectivity index (χ0) is 33.7. The van der Waals surface area contributed by atoms with Crippen molar-refractivity contribution in [1.29, 1.82) is 0 Å². The number of nitrogens with one attached hydrogen (secondary N) is 1. The summed E-state index contributed by atoms with van der Waals surface area (Å²) < 4.78 is 22.4. The van der Waals surface area contributed by atoms with Crippen LogP contribution in [0.25, 0.3) is 0 Å². The van der Waals surface area contributed by atoms with E-state index < -0.39 is 82.3 Å². The number of carbonyl (C=O) groups is 4. The van der Waals surface area contributed by atoms with E-state index in [0.29, 0.717) is 30.4 Å². The van der Waals surface area contributed by atoms with Gasteiger partial charge in [0, 0.05) is 22.3 Å². The van der Waals surface area contributed by atoms with Gasteiger partial charge in [0.05, 0.1) is 24.7 Å². The quantitative estimate of drug-likeness (QED) is 0.158. The molecule has 8 atom stereocenters. The Hall–Kier alpha value is -3.37. The maximum absolute atomic E-state index is 17.2. The molecule has 0 heterocycles. The van der Waals surface area contributed by atoms with E-state index in [1.807, 2.05) is 0 Å². The molecule has 14 heteroatoms. The molecule has 1 aromatic carbocycles. The summed E-state index contributed by atoms with van der Waals surface area (Å²) in [6.45, 7) is 1.29. The first-order chi connectivity index (χ1) is 21.6. The van der Waals surface area contributed by atoms with Crippen LogP contribution < -0.4 is 5.32 Å². The van der Waals surface area contributed by atoms with Crippen LogP contribution in [0.5, 0.6) is 0 Å². The summed E-state index contributed by atoms with van der Waals surface area (Å²) >= 11 is 0. The molecule has 3 fully saturated rings. The van der Waals surface area contributed by atoms with Crippen LogP contribution in [0, 0.1) is 22.7 Å². The number of esters is 1. The molecule has 4 unspecified atom stereocenters. The highest BCUT2D eigenvalue weighted by Crippen LogP contribution is 2.69. The Morgan fingerprint density at radius 1 is 1.17 bits per heavy atom. The van der Waals surface area contributed by atoms with Crippen molar-refractivity contribution in [3.8, 4) is 0 Å². The first kappa shape index (κ1) is 34.0. The second-order valence-corrected chi connectivity index (χ2v) is 13.1. The maximum atomic E-state index is 17.2. The predicted molar refractivity (Wildman–Crippen MR) is 154 cm³/mol. The standard InChI is InChI=1S/C32H39FN2O11/c1-29-10-8-21(37)13-20(29)6-7-23-22-9-11-31(42,30(22,2)14-25(38)32(23,29)33)26(39)17-45-28(41)24(15-36)34-27(40)19-5-3-4-18(12-19)16-46-35(43)44/h3-5,8,10,12-13,22-25,36,38,42-44H,6-7,9,11,14-17H2,1-2H3,(H,34,40)/t22?,23-,24?,25-,29-,30-,31?,32?/m0/s1. The zero-order valence-corrected chi connectivity index (χ0v) is 25.5. The maximum Gasteiger partial charge on any atom is 0.331 e. The molecule has 0 saturated heterocycles. The summed E-state index contributed by atoms with van der Waals surface area (Å²) in [4.78, 5) is 55.6. The van der Waals surface area contributed by atoms with Gasteiger partial charge in [-0.3, -0.25) is 24.8 Å². The topological polar surface area (TPSA) is 203 Å². The Morgan fingerprint density at radius 3 is 2.61 bits per heavy atom. The largest absolute Gasteiger partial charge is 0.456 e. The minimum absolute atomic E-state index is 0.0396. The average Bonchev–Trinajstić information content (AvgIpc) is 3.29. The summed E-state index contributed by atoms with van der Waals surface area (Å²) in [6.07, 6.45) is 3.48. The minimum Gasteiger partial charge on any atom is -0.456 e. The smallest absolute Gasteiger partial charge is 0.331 e. The molecule has 0 radical (unpaired) electrons. The summed E-state index contributed by atoms with van der Waals surface area (Å²) in [7, 11) is 0. The fourth-order valence-electron chi connectivity index (χ4n) is 8.39. The van der Waals surface area contributed by atoms with Gasteiger partial charge in [-0.1, -0.05) is 30.7 Å². The van der Waals surface area contributed by atoms with E-state index >= 15 is 4.39 Å². The average molecular weight is 647 g/mol. The second kappa shape index (κ2) is 12.3. The van der Waals surface area contributed by atoms with Crippen molar-refractivity contribution < 1.29 is 58.9 Å². The molecule has 6 N–H and O–H groups in total. The van der Waals surface area contributed by atoms with Gasteiger partial charge in [0.2, 0.25) is 5.78 Å². The number of nitrogens with zero attached hydrogens (tertiary/aromatic N) is 1. The number of amides is 1. The molecular formula is C32H39FN2O11. The number of ketones is 2. The van der Waals surface area contributed by atoms with Crippen molar-refractivity contribution in [1.82, 2.24) is 10.7 Å². The van der Waals surface area contributed by atoms with E-state index in [4.69, 9.17) is 15.2 Å². The van der Waals surface area contributed by atoms with Gasteiger partial charge in [-0.2, -0.15) is 0 Å². The lowest BCUT2D eigenvalue weighted by Gasteiger charge is -2.62. The van der Waals surface area contributed by atoms with Crippen molar-refractivity contribution in [3.05, 3.63) is 59.2 Å². The number of benzene rings is 1. The lowest BCUT2D eigenvalue weighted by Crippen LogP contribution is -2.69. The van der Waals surface area contributed by atoms with E-state index in [9.17, 15) is 34.5 Å². The van der Waals surface area contributed by atoms with Gasteiger partial charge in [-0.05, 0) is 74.8 Å². The van der Waals surface area contributed by atoms with Crippen molar-refractivity contribution in [3.63, 3.8) is 0 Å². The highest BCUT2D eigenvalue weighted by Gasteiger charge is 2.74. The van der Waals surface area contributed by atoms with Gasteiger partial charge in [0.15, 0.2) is 24.1 Å². The molecule has 1 amide bonds. The van der Waals surface area contributed by atoms with Gasteiger partial charge in [-0.25, -0.2) is 14.0 Å². The van der Waals surface area contributed by atoms with Crippen LogP contribution in [-0.4, -0.2) is 91.2 Å². The van der Waals surface area contributed by atoms with Crippen LogP contribution in [0.15, 0.2) is 48.1 Å². The van der Waals surface area contributed by atoms with E-state index in [-0.39, 0.29) is 30.8 Å². The zero-order valence-electron chi connectivity index (χ0n) is 25.5. The molecule has 4 aliphatic rings. The normalized spacial score (nSPS) is 35.5. The van der Waals surface area contributed by atoms with E-state index in [1.54, 1.807) is 19.9 Å². The van der Waals surface area contributed by atoms with Gasteiger partial charge in [-0.15, -0.1) is 0 Å². The van der Waals surface area contributed by atoms with E-state index in [0.717, 1.165) is 0 Å². The Labute approximate surface area is 264 Å². The Balaban J connectivity index is 1.25. The van der Waals surface area contributed by atoms with Crippen LogP contribution >= 0.6 is 0 Å². The first-order valence-corrected chi connectivity index (χ1v) is 15.2. The third kappa shape index (κ3) is 5.41. The number of allylic oxidation sites excluding steroid dienone is 4. The van der Waals surface area contributed by atoms with Crippen molar-refractivity contribution in [2.24, 2.45) is 22.7 Å². The van der Waals surface area contributed by atoms with Crippen LogP contribution in [-0.2, 0) is 30.6 Å². The van der Waals surface area contributed by atoms with E-state index in [1.165, 1.54) is 36.4 Å². The molecular weight excluding hydrogens is 607 g/mol. The van der Waals surface area contributed by atoms with Gasteiger partial charge >= 0.3 is 5.97 Å². The molecule has 46 heavy (non-hydrogen) atoms. The SMILES string of the molecule is C[C@]12C=CC(=O)C=C1CC[C@H]1C3CCC(O)(C(=O)COC(=O)C(CO)NC(=O)c4cccc(CON(O)O)c4)[C@@]3(C)C[C@H](O)C12F. The molecule has 13 nitrogen and oxygen atoms in total. The van der Waals surface area contributed by atoms with Crippen molar-refractivity contribution in [2.75, 3.05) is 13.2 Å². The highest BCUT2D eigenvalue weighted by molar-refractivity contribution is 6.01. The molecule has 3 saturated carbocycles. The number of alkyl halides is 1. The minimum atomic E-state index is -2.13. The summed E-state index contributed by atoms with van der Waals surface area (Å²) in [5.74, 6) is -4.18. The highest BCUT2D eigenvalue weighted by atomic mass is 19.1. The third-order valence-electron chi connectivity index (χ3n) is 10.9. The number of Topliss-reactive ketones (excluding diaryl/α,β-unsaturated/α-hetero) is 1. The molecule has 0 aliphatic heterocycles. The Kier molecular flexibility index (Phi) is 9.11. The molecule has 250 valence electrons. The third-order valence-corrected chi connectivity index (χ3v) is 10.9. The van der Waals surface area contributed by atoms with Crippen LogP contribution in [0.3, 0.4) is 0 Å².